The highest BCUT2D eigenvalue weighted by molar-refractivity contribution is 7.99. The van der Waals surface area contributed by atoms with E-state index in [1.54, 1.807) is 20.8 Å². The fraction of sp³-hybridized carbons (Fsp3) is 0.818. The van der Waals surface area contributed by atoms with Crippen LogP contribution >= 0.6 is 11.8 Å². The van der Waals surface area contributed by atoms with Crippen LogP contribution in [-0.4, -0.2) is 42.3 Å². The third-order valence-electron chi connectivity index (χ3n) is 1.83. The Bertz CT molecular complexity index is 308. The number of carbonyl (C=O) groups excluding carboxylic acids is 2. The van der Waals surface area contributed by atoms with Gasteiger partial charge >= 0.3 is 12.1 Å². The first-order valence-corrected chi connectivity index (χ1v) is 6.67. The SMILES string of the molecule is COC(=O)C(CCSC(F)F)NC(=O)OC(C)(C)C. The lowest BCUT2D eigenvalue weighted by molar-refractivity contribution is -0.143. The van der Waals surface area contributed by atoms with Gasteiger partial charge in [-0.3, -0.25) is 0 Å². The molecule has 0 aromatic rings. The average Bonchev–Trinajstić information content (AvgIpc) is 2.23. The summed E-state index contributed by atoms with van der Waals surface area (Å²) in [5, 5.41) is 2.30. The lowest BCUT2D eigenvalue weighted by atomic mass is 10.2. The van der Waals surface area contributed by atoms with Crippen LogP contribution in [0.15, 0.2) is 0 Å². The van der Waals surface area contributed by atoms with Gasteiger partial charge < -0.3 is 14.8 Å². The number of amides is 1. The summed E-state index contributed by atoms with van der Waals surface area (Å²) in [5.41, 5.74) is -0.706. The number of alkyl carbamates (subject to hydrolysis) is 1. The quantitative estimate of drug-likeness (QED) is 0.763. The number of rotatable bonds is 6. The smallest absolute Gasteiger partial charge is 0.408 e. The van der Waals surface area contributed by atoms with Crippen molar-refractivity contribution in [1.82, 2.24) is 5.32 Å². The number of hydrogen-bond donors (Lipinski definition) is 1. The topological polar surface area (TPSA) is 64.6 Å². The minimum Gasteiger partial charge on any atom is -0.467 e. The minimum atomic E-state index is -2.51. The minimum absolute atomic E-state index is 0.0211. The zero-order valence-corrected chi connectivity index (χ0v) is 12.2. The molecule has 8 heteroatoms. The Balaban J connectivity index is 4.35. The predicted octanol–water partition coefficient (Wildman–Crippen LogP) is 2.40. The Morgan fingerprint density at radius 1 is 1.32 bits per heavy atom. The van der Waals surface area contributed by atoms with E-state index >= 15 is 0 Å². The highest BCUT2D eigenvalue weighted by Gasteiger charge is 2.25. The standard InChI is InChI=1S/C11H19F2NO4S/c1-11(2,3)18-10(16)14-7(8(15)17-4)5-6-19-9(12)13/h7,9H,5-6H2,1-4H3,(H,14,16). The summed E-state index contributed by atoms with van der Waals surface area (Å²) < 4.78 is 33.4. The van der Waals surface area contributed by atoms with E-state index in [9.17, 15) is 18.4 Å². The third kappa shape index (κ3) is 9.52. The fourth-order valence-corrected chi connectivity index (χ4v) is 1.67. The maximum atomic E-state index is 12.0. The number of thioether (sulfide) groups is 1. The summed E-state index contributed by atoms with van der Waals surface area (Å²) in [6.45, 7) is 5.02. The number of nitrogens with one attached hydrogen (secondary N) is 1. The van der Waals surface area contributed by atoms with Gasteiger partial charge in [0.2, 0.25) is 0 Å². The Morgan fingerprint density at radius 2 is 1.89 bits per heavy atom. The van der Waals surface area contributed by atoms with Crippen LogP contribution in [0.4, 0.5) is 13.6 Å². The van der Waals surface area contributed by atoms with Gasteiger partial charge in [-0.15, -0.1) is 0 Å². The molecule has 0 rings (SSSR count). The average molecular weight is 299 g/mol. The van der Waals surface area contributed by atoms with Crippen molar-refractivity contribution < 1.29 is 27.8 Å². The number of esters is 1. The second kappa shape index (κ2) is 8.19. The molecule has 112 valence electrons. The van der Waals surface area contributed by atoms with Crippen molar-refractivity contribution in [3.63, 3.8) is 0 Å². The summed E-state index contributed by atoms with van der Waals surface area (Å²) in [5.74, 6) is -3.19. The number of halogens is 2. The second-order valence-corrected chi connectivity index (χ2v) is 5.74. The lowest BCUT2D eigenvalue weighted by Crippen LogP contribution is -2.44. The summed E-state index contributed by atoms with van der Waals surface area (Å²) in [4.78, 5) is 22.9. The van der Waals surface area contributed by atoms with E-state index in [1.807, 2.05) is 0 Å². The van der Waals surface area contributed by atoms with Crippen LogP contribution in [0.25, 0.3) is 0 Å². The van der Waals surface area contributed by atoms with Crippen molar-refractivity contribution in [3.05, 3.63) is 0 Å². The first kappa shape index (κ1) is 17.9. The number of hydrogen-bond acceptors (Lipinski definition) is 5. The van der Waals surface area contributed by atoms with Crippen LogP contribution < -0.4 is 5.32 Å². The summed E-state index contributed by atoms with van der Waals surface area (Å²) in [6.07, 6.45) is -0.745. The van der Waals surface area contributed by atoms with E-state index in [1.165, 1.54) is 0 Å². The van der Waals surface area contributed by atoms with E-state index in [-0.39, 0.29) is 12.2 Å². The van der Waals surface area contributed by atoms with Gasteiger partial charge in [-0.25, -0.2) is 9.59 Å². The maximum Gasteiger partial charge on any atom is 0.408 e. The van der Waals surface area contributed by atoms with Crippen molar-refractivity contribution in [2.24, 2.45) is 0 Å². The van der Waals surface area contributed by atoms with Gasteiger partial charge in [-0.1, -0.05) is 11.8 Å². The molecule has 1 atom stereocenters. The molecule has 0 aliphatic carbocycles. The van der Waals surface area contributed by atoms with Gasteiger partial charge in [0, 0.05) is 5.75 Å². The number of alkyl halides is 2. The molecule has 0 radical (unpaired) electrons. The monoisotopic (exact) mass is 299 g/mol. The molecular formula is C11H19F2NO4S. The molecule has 1 unspecified atom stereocenters. The molecule has 0 aromatic heterocycles. The zero-order chi connectivity index (χ0) is 15.1. The van der Waals surface area contributed by atoms with Gasteiger partial charge in [-0.2, -0.15) is 8.78 Å². The van der Waals surface area contributed by atoms with Gasteiger partial charge in [0.15, 0.2) is 0 Å². The molecule has 0 bridgehead atoms. The molecule has 0 spiro atoms. The molecular weight excluding hydrogens is 280 g/mol. The molecule has 5 nitrogen and oxygen atoms in total. The molecule has 19 heavy (non-hydrogen) atoms. The van der Waals surface area contributed by atoms with E-state index in [0.29, 0.717) is 11.8 Å². The van der Waals surface area contributed by atoms with Crippen molar-refractivity contribution in [2.45, 2.75) is 44.6 Å². The largest absolute Gasteiger partial charge is 0.467 e. The fourth-order valence-electron chi connectivity index (χ4n) is 1.12. The molecule has 0 aromatic carbocycles. The maximum absolute atomic E-state index is 12.0. The van der Waals surface area contributed by atoms with Gasteiger partial charge in [0.1, 0.15) is 11.6 Å². The van der Waals surface area contributed by atoms with Crippen molar-refractivity contribution in [2.75, 3.05) is 12.9 Å². The van der Waals surface area contributed by atoms with Gasteiger partial charge in [0.05, 0.1) is 7.11 Å². The van der Waals surface area contributed by atoms with Crippen molar-refractivity contribution in [3.8, 4) is 0 Å². The highest BCUT2D eigenvalue weighted by atomic mass is 32.2. The van der Waals surface area contributed by atoms with Crippen LogP contribution in [0.1, 0.15) is 27.2 Å². The lowest BCUT2D eigenvalue weighted by Gasteiger charge is -2.22. The van der Waals surface area contributed by atoms with Gasteiger partial charge in [0.25, 0.3) is 5.76 Å². The molecule has 0 fully saturated rings. The van der Waals surface area contributed by atoms with E-state index in [4.69, 9.17) is 4.74 Å². The number of carbonyl (C=O) groups is 2. The van der Waals surface area contributed by atoms with Crippen LogP contribution in [0.3, 0.4) is 0 Å². The Hall–Kier alpha value is -1.05. The molecule has 0 aliphatic heterocycles. The summed E-state index contributed by atoms with van der Waals surface area (Å²) >= 11 is 0.394. The predicted molar refractivity (Wildman–Crippen MR) is 68.3 cm³/mol. The van der Waals surface area contributed by atoms with Gasteiger partial charge in [-0.05, 0) is 27.2 Å². The Morgan fingerprint density at radius 3 is 2.32 bits per heavy atom. The zero-order valence-electron chi connectivity index (χ0n) is 11.4. The Labute approximate surface area is 115 Å². The normalized spacial score (nSPS) is 13.0. The first-order valence-electron chi connectivity index (χ1n) is 5.63. The highest BCUT2D eigenvalue weighted by Crippen LogP contribution is 2.16. The molecule has 0 saturated heterocycles. The Kier molecular flexibility index (Phi) is 7.73. The number of ether oxygens (including phenoxy) is 2. The van der Waals surface area contributed by atoms with Crippen molar-refractivity contribution in [1.29, 1.82) is 0 Å². The second-order valence-electron chi connectivity index (χ2n) is 4.64. The van der Waals surface area contributed by atoms with Crippen LogP contribution in [0.2, 0.25) is 0 Å². The molecule has 1 amide bonds. The molecule has 1 N–H and O–H groups in total. The summed E-state index contributed by atoms with van der Waals surface area (Å²) in [7, 11) is 1.16. The molecule has 0 aliphatic rings. The van der Waals surface area contributed by atoms with Crippen LogP contribution in [0.5, 0.6) is 0 Å². The first-order chi connectivity index (χ1) is 8.65. The van der Waals surface area contributed by atoms with Crippen LogP contribution in [-0.2, 0) is 14.3 Å². The van der Waals surface area contributed by atoms with E-state index in [0.717, 1.165) is 7.11 Å². The van der Waals surface area contributed by atoms with Crippen LogP contribution in [0, 0.1) is 0 Å². The van der Waals surface area contributed by atoms with Crippen molar-refractivity contribution >= 4 is 23.8 Å². The molecule has 0 saturated carbocycles. The third-order valence-corrected chi connectivity index (χ3v) is 2.55. The van der Waals surface area contributed by atoms with E-state index < -0.39 is 29.5 Å². The molecule has 0 heterocycles. The van der Waals surface area contributed by atoms with E-state index in [2.05, 4.69) is 10.1 Å². The number of methoxy groups -OCH3 is 1. The summed E-state index contributed by atoms with van der Waals surface area (Å²) in [6, 6.07) is -0.994.